The second-order valence-electron chi connectivity index (χ2n) is 11.6. The van der Waals surface area contributed by atoms with Crippen molar-refractivity contribution in [3.05, 3.63) is 101 Å². The van der Waals surface area contributed by atoms with Gasteiger partial charge in [0.05, 0.1) is 11.2 Å². The number of nitrogens with one attached hydrogen (secondary N) is 2. The Morgan fingerprint density at radius 1 is 0.673 bits per heavy atom. The number of cyclic esters (lactones) is 4. The average molecular weight is 768 g/mol. The molecule has 3 aromatic carbocycles. The van der Waals surface area contributed by atoms with Crippen molar-refractivity contribution in [2.24, 2.45) is 0 Å². The molecule has 276 valence electrons. The van der Waals surface area contributed by atoms with Crippen LogP contribution in [0.1, 0.15) is 34.1 Å². The molecule has 3 heterocycles. The van der Waals surface area contributed by atoms with Gasteiger partial charge in [0.15, 0.2) is 11.0 Å². The van der Waals surface area contributed by atoms with Crippen LogP contribution in [0.5, 0.6) is 0 Å². The standard InChI is InChI=1S/C14H15NO4S.C10H9NOS.C7H9NS.C6H8O4/c1-14(2)18-12(16)9(13(17)19-14)8-15-10-6-4-5-7-11(10)20-3;1-13-9-4-2-3-7-8(12)5-6-11-10(7)9;1-9-7-5-3-2-4-6(7)8;1-6(2)9-4(7)3-5(8)10-6/h4-8,15H,1-3H3;2-6H,1H3,(H,11,12);2-5H,8H2,1H3;3H2,1-2H3. The van der Waals surface area contributed by atoms with E-state index in [1.54, 1.807) is 47.5 Å². The maximum absolute atomic E-state index is 11.8. The lowest BCUT2D eigenvalue weighted by molar-refractivity contribution is -0.231. The van der Waals surface area contributed by atoms with Gasteiger partial charge in [-0.05, 0) is 55.2 Å². The fourth-order valence-electron chi connectivity index (χ4n) is 4.46. The van der Waals surface area contributed by atoms with Gasteiger partial charge in [0.2, 0.25) is 0 Å². The molecule has 4 N–H and O–H groups in total. The minimum Gasteiger partial charge on any atom is -0.423 e. The Kier molecular flexibility index (Phi) is 15.3. The maximum atomic E-state index is 11.8. The molecule has 0 atom stereocenters. The Hall–Kier alpha value is -4.86. The van der Waals surface area contributed by atoms with E-state index in [1.165, 1.54) is 33.9 Å². The van der Waals surface area contributed by atoms with Crippen molar-refractivity contribution < 1.29 is 38.1 Å². The summed E-state index contributed by atoms with van der Waals surface area (Å²) in [6, 6.07) is 22.7. The number of nitrogens with two attached hydrogens (primary N) is 1. The van der Waals surface area contributed by atoms with E-state index in [0.717, 1.165) is 37.0 Å². The lowest BCUT2D eigenvalue weighted by Crippen LogP contribution is -2.42. The molecule has 0 bridgehead atoms. The van der Waals surface area contributed by atoms with Crippen LogP contribution in [-0.2, 0) is 38.1 Å². The van der Waals surface area contributed by atoms with Crippen molar-refractivity contribution in [1.82, 2.24) is 4.98 Å². The van der Waals surface area contributed by atoms with E-state index in [-0.39, 0.29) is 17.4 Å². The Morgan fingerprint density at radius 2 is 1.19 bits per heavy atom. The lowest BCUT2D eigenvalue weighted by Gasteiger charge is -2.29. The van der Waals surface area contributed by atoms with Crippen LogP contribution in [-0.4, -0.2) is 59.2 Å². The van der Waals surface area contributed by atoms with Crippen molar-refractivity contribution in [1.29, 1.82) is 0 Å². The first kappa shape index (κ1) is 41.6. The van der Waals surface area contributed by atoms with Crippen molar-refractivity contribution in [2.75, 3.05) is 29.8 Å². The number of nitrogen functional groups attached to an aromatic ring is 1. The van der Waals surface area contributed by atoms with Crippen LogP contribution in [0.2, 0.25) is 0 Å². The predicted molar refractivity (Wildman–Crippen MR) is 206 cm³/mol. The quantitative estimate of drug-likeness (QED) is 0.0473. The highest BCUT2D eigenvalue weighted by Gasteiger charge is 2.39. The second kappa shape index (κ2) is 19.1. The number of thioether (sulfide) groups is 3. The second-order valence-corrected chi connectivity index (χ2v) is 14.1. The summed E-state index contributed by atoms with van der Waals surface area (Å²) in [5.41, 5.74) is 8.13. The van der Waals surface area contributed by atoms with Gasteiger partial charge in [-0.15, -0.1) is 35.3 Å². The maximum Gasteiger partial charge on any atom is 0.350 e. The van der Waals surface area contributed by atoms with Gasteiger partial charge in [-0.3, -0.25) is 14.4 Å². The Morgan fingerprint density at radius 3 is 1.73 bits per heavy atom. The van der Waals surface area contributed by atoms with Crippen LogP contribution in [0.4, 0.5) is 11.4 Å². The number of ether oxygens (including phenoxy) is 4. The van der Waals surface area contributed by atoms with Crippen LogP contribution in [0, 0.1) is 0 Å². The van der Waals surface area contributed by atoms with E-state index in [1.807, 2.05) is 85.5 Å². The van der Waals surface area contributed by atoms with E-state index in [9.17, 15) is 24.0 Å². The minimum absolute atomic E-state index is 0.0738. The number of rotatable bonds is 5. The van der Waals surface area contributed by atoms with Gasteiger partial charge in [-0.25, -0.2) is 9.59 Å². The zero-order valence-electron chi connectivity index (χ0n) is 29.8. The molecular formula is C37H41N3O9S3. The van der Waals surface area contributed by atoms with Gasteiger partial charge < -0.3 is 35.0 Å². The molecule has 0 aliphatic carbocycles. The summed E-state index contributed by atoms with van der Waals surface area (Å²) in [6.45, 7) is 6.05. The molecule has 12 nitrogen and oxygen atoms in total. The lowest BCUT2D eigenvalue weighted by atomic mass is 10.2. The smallest absolute Gasteiger partial charge is 0.350 e. The number of aromatic amines is 1. The summed E-state index contributed by atoms with van der Waals surface area (Å²) in [7, 11) is 0. The molecule has 0 saturated carbocycles. The number of hydrogen-bond acceptors (Lipinski definition) is 14. The summed E-state index contributed by atoms with van der Waals surface area (Å²) in [6.07, 6.45) is 8.69. The van der Waals surface area contributed by atoms with E-state index in [4.69, 9.17) is 15.2 Å². The fraction of sp³-hybridized carbons (Fsp3) is 0.270. The highest BCUT2D eigenvalue weighted by atomic mass is 32.2. The third kappa shape index (κ3) is 12.4. The summed E-state index contributed by atoms with van der Waals surface area (Å²) in [5.74, 6) is -4.74. The molecule has 2 aliphatic heterocycles. The first-order chi connectivity index (χ1) is 24.6. The highest BCUT2D eigenvalue weighted by Crippen LogP contribution is 2.27. The topological polar surface area (TPSA) is 176 Å². The number of benzene rings is 3. The molecule has 2 fully saturated rings. The number of pyridine rings is 1. The number of H-pyrrole nitrogens is 1. The Bertz CT molecular complexity index is 1950. The molecule has 15 heteroatoms. The number of anilines is 2. The van der Waals surface area contributed by atoms with Crippen LogP contribution in [0.3, 0.4) is 0 Å². The Labute approximate surface area is 314 Å². The van der Waals surface area contributed by atoms with Gasteiger partial charge in [-0.2, -0.15) is 0 Å². The number of aromatic nitrogens is 1. The van der Waals surface area contributed by atoms with Gasteiger partial charge in [0.25, 0.3) is 11.6 Å². The van der Waals surface area contributed by atoms with Gasteiger partial charge >= 0.3 is 23.9 Å². The predicted octanol–water partition coefficient (Wildman–Crippen LogP) is 6.99. The van der Waals surface area contributed by atoms with Crippen molar-refractivity contribution >= 4 is 81.4 Å². The third-order valence-corrected chi connectivity index (χ3v) is 9.10. The Balaban J connectivity index is 0.000000197. The molecule has 1 aromatic heterocycles. The number of fused-ring (bicyclic) bond motifs is 1. The molecule has 0 unspecified atom stereocenters. The monoisotopic (exact) mass is 767 g/mol. The summed E-state index contributed by atoms with van der Waals surface area (Å²) >= 11 is 4.87. The van der Waals surface area contributed by atoms with Crippen molar-refractivity contribution in [2.45, 2.75) is 60.4 Å². The zero-order valence-corrected chi connectivity index (χ0v) is 32.2. The summed E-state index contributed by atoms with van der Waals surface area (Å²) in [5, 5.41) is 3.70. The van der Waals surface area contributed by atoms with E-state index in [0.29, 0.717) is 0 Å². The fourth-order valence-corrected chi connectivity index (χ4v) is 6.13. The molecule has 2 aliphatic rings. The average Bonchev–Trinajstić information content (AvgIpc) is 3.07. The zero-order chi connectivity index (χ0) is 38.5. The van der Waals surface area contributed by atoms with Gasteiger partial charge in [-0.1, -0.05) is 30.3 Å². The molecule has 2 saturated heterocycles. The van der Waals surface area contributed by atoms with Crippen molar-refractivity contribution in [3.8, 4) is 0 Å². The number of esters is 4. The van der Waals surface area contributed by atoms with Crippen LogP contribution in [0.15, 0.2) is 110 Å². The first-order valence-corrected chi connectivity index (χ1v) is 19.3. The van der Waals surface area contributed by atoms with E-state index in [2.05, 4.69) is 19.8 Å². The molecule has 4 aromatic rings. The molecule has 52 heavy (non-hydrogen) atoms. The van der Waals surface area contributed by atoms with Crippen LogP contribution in [0.25, 0.3) is 10.9 Å². The number of para-hydroxylation sites is 3. The minimum atomic E-state index is -1.22. The van der Waals surface area contributed by atoms with Gasteiger partial charge in [0, 0.05) is 71.9 Å². The van der Waals surface area contributed by atoms with Crippen LogP contribution >= 0.6 is 35.3 Å². The van der Waals surface area contributed by atoms with Crippen molar-refractivity contribution in [3.63, 3.8) is 0 Å². The van der Waals surface area contributed by atoms with E-state index >= 15 is 0 Å². The number of carbonyl (C=O) groups excluding carboxylic acids is 4. The number of carbonyl (C=O) groups is 4. The molecule has 0 amide bonds. The molecule has 0 radical (unpaired) electrons. The third-order valence-electron chi connectivity index (χ3n) is 6.72. The van der Waals surface area contributed by atoms with Gasteiger partial charge in [0.1, 0.15) is 6.42 Å². The first-order valence-electron chi connectivity index (χ1n) is 15.6. The highest BCUT2D eigenvalue weighted by molar-refractivity contribution is 7.99. The normalized spacial score (nSPS) is 15.4. The van der Waals surface area contributed by atoms with E-state index < -0.39 is 35.5 Å². The molecule has 6 rings (SSSR count). The van der Waals surface area contributed by atoms with Crippen LogP contribution < -0.4 is 16.5 Å². The summed E-state index contributed by atoms with van der Waals surface area (Å²) in [4.78, 5) is 62.4. The summed E-state index contributed by atoms with van der Waals surface area (Å²) < 4.78 is 19.3. The molecular weight excluding hydrogens is 727 g/mol. The SMILES string of the molecule is CC1(C)OC(=O)CC(=O)O1.CSc1cccc2c(=O)cc[nH]c12.CSc1ccccc1N.CSc1ccccc1NC=C1C(=O)OC(C)(C)OC1=O. The number of hydrogen-bond donors (Lipinski definition) is 3. The largest absolute Gasteiger partial charge is 0.423 e. The molecule has 0 spiro atoms.